The van der Waals surface area contributed by atoms with Gasteiger partial charge in [-0.05, 0) is 62.8 Å². The molecule has 0 unspecified atom stereocenters. The first kappa shape index (κ1) is 22.8. The van der Waals surface area contributed by atoms with Crippen LogP contribution in [0.4, 0.5) is 0 Å². The molecule has 0 amide bonds. The van der Waals surface area contributed by atoms with E-state index >= 15 is 0 Å². The lowest BCUT2D eigenvalue weighted by Crippen LogP contribution is -2.42. The van der Waals surface area contributed by atoms with Crippen LogP contribution in [0.25, 0.3) is 0 Å². The van der Waals surface area contributed by atoms with Crippen LogP contribution < -0.4 is 0 Å². The number of sulfonamides is 1. The number of carboxylic acids is 1. The number of aliphatic carboxylic acids is 1. The van der Waals surface area contributed by atoms with E-state index in [0.29, 0.717) is 31.2 Å². The van der Waals surface area contributed by atoms with Crippen LogP contribution >= 0.6 is 0 Å². The quantitative estimate of drug-likeness (QED) is 0.602. The summed E-state index contributed by atoms with van der Waals surface area (Å²) < 4.78 is 52.1. The first-order valence-corrected chi connectivity index (χ1v) is 12.7. The van der Waals surface area contributed by atoms with E-state index in [1.54, 1.807) is 13.0 Å². The smallest absolute Gasteiger partial charge is 0.303 e. The highest BCUT2D eigenvalue weighted by Crippen LogP contribution is 2.29. The van der Waals surface area contributed by atoms with Gasteiger partial charge in [0, 0.05) is 19.0 Å². The number of nitrogens with zero attached hydrogens (tertiary/aromatic N) is 1. The van der Waals surface area contributed by atoms with E-state index in [-0.39, 0.29) is 29.4 Å². The van der Waals surface area contributed by atoms with Gasteiger partial charge in [-0.15, -0.1) is 0 Å². The molecule has 1 N–H and O–H groups in total. The molecule has 0 radical (unpaired) electrons. The SMILES string of the molecule is Cc1cc(C)c(S(=O)(=O)N(CCCCCC(=O)O)[C@@H]2CCS(=O)(=O)C2)cc1C. The molecule has 1 atom stereocenters. The lowest BCUT2D eigenvalue weighted by Gasteiger charge is -2.28. The average Bonchev–Trinajstić information content (AvgIpc) is 2.93. The third-order valence-corrected chi connectivity index (χ3v) is 9.11. The van der Waals surface area contributed by atoms with Crippen molar-refractivity contribution < 1.29 is 26.7 Å². The van der Waals surface area contributed by atoms with Crippen molar-refractivity contribution in [3.8, 4) is 0 Å². The molecule has 0 saturated carbocycles. The Balaban J connectivity index is 2.29. The van der Waals surface area contributed by atoms with E-state index in [2.05, 4.69) is 0 Å². The van der Waals surface area contributed by atoms with Gasteiger partial charge in [0.2, 0.25) is 10.0 Å². The van der Waals surface area contributed by atoms with Crippen LogP contribution in [0.1, 0.15) is 48.8 Å². The van der Waals surface area contributed by atoms with Crippen LogP contribution in [-0.2, 0) is 24.7 Å². The lowest BCUT2D eigenvalue weighted by molar-refractivity contribution is -0.137. The Labute approximate surface area is 167 Å². The van der Waals surface area contributed by atoms with E-state index in [9.17, 15) is 21.6 Å². The third kappa shape index (κ3) is 5.55. The van der Waals surface area contributed by atoms with Gasteiger partial charge in [0.25, 0.3) is 0 Å². The maximum absolute atomic E-state index is 13.4. The summed E-state index contributed by atoms with van der Waals surface area (Å²) in [4.78, 5) is 10.9. The zero-order chi connectivity index (χ0) is 21.1. The van der Waals surface area contributed by atoms with Gasteiger partial charge in [0.05, 0.1) is 16.4 Å². The number of benzene rings is 1. The van der Waals surface area contributed by atoms with Crippen LogP contribution in [-0.4, -0.2) is 56.3 Å². The van der Waals surface area contributed by atoms with E-state index in [4.69, 9.17) is 5.11 Å². The second kappa shape index (κ2) is 8.92. The number of carbonyl (C=O) groups is 1. The standard InChI is InChI=1S/C19H29NO6S2/c1-14-11-16(3)18(12-15(14)2)28(25,26)20(9-6-4-5-7-19(21)22)17-8-10-27(23,24)13-17/h11-12,17H,4-10,13H2,1-3H3,(H,21,22)/t17-/m1/s1. The molecule has 0 spiro atoms. The lowest BCUT2D eigenvalue weighted by atomic mass is 10.1. The molecule has 1 aliphatic heterocycles. The van der Waals surface area contributed by atoms with Crippen LogP contribution in [0.15, 0.2) is 17.0 Å². The molecule has 1 fully saturated rings. The molecule has 0 bridgehead atoms. The summed E-state index contributed by atoms with van der Waals surface area (Å²) in [5.74, 6) is -1.04. The van der Waals surface area contributed by atoms with Gasteiger partial charge in [-0.2, -0.15) is 4.31 Å². The number of sulfone groups is 1. The Morgan fingerprint density at radius 1 is 1.11 bits per heavy atom. The predicted octanol–water partition coefficient (Wildman–Crippen LogP) is 2.43. The molecule has 1 aromatic rings. The van der Waals surface area contributed by atoms with Gasteiger partial charge >= 0.3 is 5.97 Å². The maximum Gasteiger partial charge on any atom is 0.303 e. The molecule has 28 heavy (non-hydrogen) atoms. The molecule has 1 aliphatic rings. The Morgan fingerprint density at radius 2 is 1.75 bits per heavy atom. The zero-order valence-electron chi connectivity index (χ0n) is 16.6. The first-order valence-electron chi connectivity index (χ1n) is 9.46. The van der Waals surface area contributed by atoms with E-state index in [1.165, 1.54) is 4.31 Å². The summed E-state index contributed by atoms with van der Waals surface area (Å²) >= 11 is 0. The monoisotopic (exact) mass is 431 g/mol. The Morgan fingerprint density at radius 3 is 2.32 bits per heavy atom. The normalized spacial score (nSPS) is 19.2. The molecule has 2 rings (SSSR count). The summed E-state index contributed by atoms with van der Waals surface area (Å²) in [6.07, 6.45) is 1.87. The van der Waals surface area contributed by atoms with Crippen molar-refractivity contribution in [2.24, 2.45) is 0 Å². The van der Waals surface area contributed by atoms with Gasteiger partial charge in [0.1, 0.15) is 0 Å². The van der Waals surface area contributed by atoms with Crippen molar-refractivity contribution in [2.45, 2.75) is 63.8 Å². The Hall–Kier alpha value is -1.45. The molecular weight excluding hydrogens is 402 g/mol. The minimum atomic E-state index is -3.86. The van der Waals surface area contributed by atoms with Crippen LogP contribution in [0.2, 0.25) is 0 Å². The third-order valence-electron chi connectivity index (χ3n) is 5.26. The number of unbranched alkanes of at least 4 members (excludes halogenated alkanes) is 2. The minimum absolute atomic E-state index is 0.00535. The summed E-state index contributed by atoms with van der Waals surface area (Å²) in [6.45, 7) is 5.71. The van der Waals surface area contributed by atoms with Gasteiger partial charge in [-0.3, -0.25) is 4.79 Å². The fourth-order valence-corrected chi connectivity index (χ4v) is 7.37. The Bertz CT molecular complexity index is 937. The topological polar surface area (TPSA) is 109 Å². The first-order chi connectivity index (χ1) is 12.9. The molecule has 0 aliphatic carbocycles. The fraction of sp³-hybridized carbons (Fsp3) is 0.632. The maximum atomic E-state index is 13.4. The minimum Gasteiger partial charge on any atom is -0.481 e. The molecule has 0 aromatic heterocycles. The van der Waals surface area contributed by atoms with E-state index in [0.717, 1.165) is 11.1 Å². The van der Waals surface area contributed by atoms with Crippen LogP contribution in [0, 0.1) is 20.8 Å². The van der Waals surface area contributed by atoms with E-state index in [1.807, 2.05) is 19.9 Å². The van der Waals surface area contributed by atoms with Gasteiger partial charge in [-0.25, -0.2) is 16.8 Å². The molecule has 1 aromatic carbocycles. The molecule has 158 valence electrons. The van der Waals surface area contributed by atoms with Crippen molar-refractivity contribution in [1.82, 2.24) is 4.31 Å². The summed E-state index contributed by atoms with van der Waals surface area (Å²) in [5, 5.41) is 8.74. The number of carboxylic acid groups (broad SMARTS) is 1. The van der Waals surface area contributed by atoms with E-state index < -0.39 is 31.9 Å². The number of hydrogen-bond donors (Lipinski definition) is 1. The predicted molar refractivity (Wildman–Crippen MR) is 108 cm³/mol. The average molecular weight is 432 g/mol. The molecule has 7 nitrogen and oxygen atoms in total. The zero-order valence-corrected chi connectivity index (χ0v) is 18.3. The number of hydrogen-bond acceptors (Lipinski definition) is 5. The Kier molecular flexibility index (Phi) is 7.27. The fourth-order valence-electron chi connectivity index (χ4n) is 3.56. The van der Waals surface area contributed by atoms with Gasteiger partial charge in [-0.1, -0.05) is 12.5 Å². The van der Waals surface area contributed by atoms with Crippen LogP contribution in [0.5, 0.6) is 0 Å². The highest BCUT2D eigenvalue weighted by molar-refractivity contribution is 7.92. The van der Waals surface area contributed by atoms with Gasteiger partial charge in [0.15, 0.2) is 9.84 Å². The number of aryl methyl sites for hydroxylation is 3. The van der Waals surface area contributed by atoms with Gasteiger partial charge < -0.3 is 5.11 Å². The van der Waals surface area contributed by atoms with Crippen molar-refractivity contribution in [2.75, 3.05) is 18.1 Å². The summed E-state index contributed by atoms with van der Waals surface area (Å²) in [7, 11) is -7.09. The van der Waals surface area contributed by atoms with Crippen LogP contribution in [0.3, 0.4) is 0 Å². The highest BCUT2D eigenvalue weighted by Gasteiger charge is 2.39. The molecule has 1 heterocycles. The van der Waals surface area contributed by atoms with Crippen molar-refractivity contribution in [3.63, 3.8) is 0 Å². The highest BCUT2D eigenvalue weighted by atomic mass is 32.2. The number of rotatable bonds is 9. The largest absolute Gasteiger partial charge is 0.481 e. The van der Waals surface area contributed by atoms with Crippen molar-refractivity contribution in [1.29, 1.82) is 0 Å². The molecule has 9 heteroatoms. The molecular formula is C19H29NO6S2. The summed E-state index contributed by atoms with van der Waals surface area (Å²) in [5.41, 5.74) is 2.50. The van der Waals surface area contributed by atoms with Crippen molar-refractivity contribution in [3.05, 3.63) is 28.8 Å². The second-order valence-electron chi connectivity index (χ2n) is 7.58. The molecule has 1 saturated heterocycles. The summed E-state index contributed by atoms with van der Waals surface area (Å²) in [6, 6.07) is 2.91. The van der Waals surface area contributed by atoms with Crippen molar-refractivity contribution >= 4 is 25.8 Å². The second-order valence-corrected chi connectivity index (χ2v) is 11.7.